The van der Waals surface area contributed by atoms with Crippen LogP contribution in [0.2, 0.25) is 0 Å². The maximum Gasteiger partial charge on any atom is 0.187 e. The summed E-state index contributed by atoms with van der Waals surface area (Å²) in [5.74, 6) is 3.10. The lowest BCUT2D eigenvalue weighted by Gasteiger charge is -2.61. The van der Waals surface area contributed by atoms with Gasteiger partial charge in [-0.05, 0) is 104 Å². The highest BCUT2D eigenvalue weighted by Gasteiger charge is 2.70. The van der Waals surface area contributed by atoms with E-state index in [-0.39, 0.29) is 29.0 Å². The molecule has 4 aliphatic carbocycles. The first-order chi connectivity index (χ1) is 30.4. The van der Waals surface area contributed by atoms with E-state index in [2.05, 4.69) is 33.0 Å². The van der Waals surface area contributed by atoms with Crippen LogP contribution in [-0.2, 0) is 33.2 Å². The minimum atomic E-state index is -1.89. The van der Waals surface area contributed by atoms with Crippen LogP contribution in [-0.4, -0.2) is 199 Å². The molecule has 0 aromatic rings. The summed E-state index contributed by atoms with van der Waals surface area (Å²) in [6.07, 6.45) is -16.7. The zero-order chi connectivity index (χ0) is 45.8. The van der Waals surface area contributed by atoms with Crippen LogP contribution in [0.15, 0.2) is 0 Å². The molecule has 0 aromatic heterocycles. The monoisotopic (exact) mass is 917 g/mol. The maximum absolute atomic E-state index is 11.5. The van der Waals surface area contributed by atoms with Gasteiger partial charge in [-0.3, -0.25) is 5.32 Å². The van der Waals surface area contributed by atoms with Crippen molar-refractivity contribution < 1.29 is 89.3 Å². The molecule has 5 heterocycles. The highest BCUT2D eigenvalue weighted by atomic mass is 16.8. The van der Waals surface area contributed by atoms with E-state index in [0.29, 0.717) is 35.5 Å². The Balaban J connectivity index is 0.835. The lowest BCUT2D eigenvalue weighted by molar-refractivity contribution is -0.390. The van der Waals surface area contributed by atoms with E-state index >= 15 is 0 Å². The second-order valence-corrected chi connectivity index (χ2v) is 21.8. The first-order valence-electron chi connectivity index (χ1n) is 24.0. The molecular formula is C45H75NO18. The summed E-state index contributed by atoms with van der Waals surface area (Å²) in [6.45, 7) is 8.05. The van der Waals surface area contributed by atoms with Gasteiger partial charge in [-0.25, -0.2) is 0 Å². The standard InChI is InChI=1S/C45H75NO18/c1-18-11-29(50)45(46-14-18)19(2)30-25(64-45)13-24-22-6-5-20-12-21(7-9-43(20,3)23(22)8-10-44(24,30)4)58-40-37(57)35(55)38(28(17-49)61-40)62-42-39(34(54)32(52)27(16-48)60-42)63-41-36(56)33(53)31(51)26(15-47)59-41/h18-42,46-57H,5-17H2,1-4H3. The van der Waals surface area contributed by atoms with Crippen LogP contribution < -0.4 is 5.32 Å². The minimum absolute atomic E-state index is 0.101. The van der Waals surface area contributed by atoms with Crippen molar-refractivity contribution in [2.24, 2.45) is 52.3 Å². The van der Waals surface area contributed by atoms with Crippen LogP contribution in [0.3, 0.4) is 0 Å². The topological polar surface area (TPSA) is 299 Å². The van der Waals surface area contributed by atoms with Gasteiger partial charge in [0.1, 0.15) is 79.0 Å². The summed E-state index contributed by atoms with van der Waals surface area (Å²) in [7, 11) is 0. The zero-order valence-corrected chi connectivity index (χ0v) is 37.4. The number of ether oxygens (including phenoxy) is 7. The number of aliphatic hydroxyl groups is 11. The Labute approximate surface area is 374 Å². The van der Waals surface area contributed by atoms with E-state index in [1.807, 2.05) is 0 Å². The van der Waals surface area contributed by atoms with Crippen molar-refractivity contribution in [1.29, 1.82) is 0 Å². The van der Waals surface area contributed by atoms with Crippen molar-refractivity contribution in [2.75, 3.05) is 26.4 Å². The molecule has 0 amide bonds. The van der Waals surface area contributed by atoms with Crippen LogP contribution in [0.5, 0.6) is 0 Å². The lowest BCUT2D eigenvalue weighted by atomic mass is 9.44. The molecule has 19 heteroatoms. The van der Waals surface area contributed by atoms with E-state index < -0.39 is 124 Å². The third-order valence-corrected chi connectivity index (χ3v) is 18.5. The molecule has 1 spiro atoms. The Bertz CT molecular complexity index is 1620. The number of nitrogens with one attached hydrogen (secondary N) is 1. The van der Waals surface area contributed by atoms with Crippen molar-refractivity contribution in [3.8, 4) is 0 Å². The third kappa shape index (κ3) is 7.76. The predicted molar refractivity (Wildman–Crippen MR) is 219 cm³/mol. The van der Waals surface area contributed by atoms with Gasteiger partial charge in [0.15, 0.2) is 18.9 Å². The summed E-state index contributed by atoms with van der Waals surface area (Å²) in [4.78, 5) is 0. The number of aliphatic hydroxyl groups excluding tert-OH is 11. The molecule has 0 aromatic carbocycles. The van der Waals surface area contributed by atoms with Gasteiger partial charge in [-0.1, -0.05) is 27.7 Å². The van der Waals surface area contributed by atoms with Gasteiger partial charge in [0.05, 0.1) is 38.1 Å². The molecule has 9 aliphatic rings. The Kier molecular flexibility index (Phi) is 13.7. The van der Waals surface area contributed by atoms with Crippen molar-refractivity contribution in [2.45, 2.75) is 202 Å². The van der Waals surface area contributed by atoms with Gasteiger partial charge >= 0.3 is 0 Å². The Morgan fingerprint density at radius 2 is 1.17 bits per heavy atom. The average Bonchev–Trinajstić information content (AvgIpc) is 3.73. The second kappa shape index (κ2) is 18.2. The van der Waals surface area contributed by atoms with Crippen molar-refractivity contribution in [3.63, 3.8) is 0 Å². The lowest BCUT2D eigenvalue weighted by Crippen LogP contribution is -2.67. The van der Waals surface area contributed by atoms with Crippen molar-refractivity contribution in [3.05, 3.63) is 0 Å². The molecule has 5 aliphatic heterocycles. The highest BCUT2D eigenvalue weighted by molar-refractivity contribution is 5.17. The number of hydrogen-bond acceptors (Lipinski definition) is 19. The highest BCUT2D eigenvalue weighted by Crippen LogP contribution is 2.71. The minimum Gasteiger partial charge on any atom is -0.394 e. The van der Waals surface area contributed by atoms with Gasteiger partial charge in [-0.15, -0.1) is 0 Å². The Morgan fingerprint density at radius 3 is 1.86 bits per heavy atom. The quantitative estimate of drug-likeness (QED) is 0.109. The molecule has 19 nitrogen and oxygen atoms in total. The van der Waals surface area contributed by atoms with Gasteiger partial charge in [0, 0.05) is 12.5 Å². The Morgan fingerprint density at radius 1 is 0.578 bits per heavy atom. The first-order valence-corrected chi connectivity index (χ1v) is 24.0. The van der Waals surface area contributed by atoms with Gasteiger partial charge in [-0.2, -0.15) is 0 Å². The molecule has 0 radical (unpaired) electrons. The number of piperidine rings is 1. The summed E-state index contributed by atoms with van der Waals surface area (Å²) in [5.41, 5.74) is -0.416. The molecule has 5 saturated heterocycles. The molecular weight excluding hydrogens is 842 g/mol. The summed E-state index contributed by atoms with van der Waals surface area (Å²) >= 11 is 0. The average molecular weight is 918 g/mol. The van der Waals surface area contributed by atoms with E-state index in [1.165, 1.54) is 0 Å². The fourth-order valence-corrected chi connectivity index (χ4v) is 15.0. The summed E-state index contributed by atoms with van der Waals surface area (Å²) in [5, 5.41) is 121. The molecule has 4 saturated carbocycles. The first kappa shape index (κ1) is 48.3. The number of fused-ring (bicyclic) bond motifs is 7. The van der Waals surface area contributed by atoms with Crippen LogP contribution >= 0.6 is 0 Å². The van der Waals surface area contributed by atoms with Crippen LogP contribution in [0, 0.1) is 52.3 Å². The molecule has 9 fully saturated rings. The van der Waals surface area contributed by atoms with Gasteiger partial charge in [0.2, 0.25) is 0 Å². The van der Waals surface area contributed by atoms with Crippen LogP contribution in [0.1, 0.15) is 85.5 Å². The number of hydrogen-bond donors (Lipinski definition) is 12. The summed E-state index contributed by atoms with van der Waals surface area (Å²) < 4.78 is 42.5. The fourth-order valence-electron chi connectivity index (χ4n) is 15.0. The van der Waals surface area contributed by atoms with Crippen molar-refractivity contribution in [1.82, 2.24) is 5.32 Å². The molecule has 12 N–H and O–H groups in total. The number of rotatable bonds is 9. The fraction of sp³-hybridized carbons (Fsp3) is 1.00. The maximum atomic E-state index is 11.5. The van der Waals surface area contributed by atoms with E-state index in [1.54, 1.807) is 0 Å². The largest absolute Gasteiger partial charge is 0.394 e. The third-order valence-electron chi connectivity index (χ3n) is 18.5. The molecule has 28 atom stereocenters. The Hall–Kier alpha value is -0.760. The normalized spacial score (nSPS) is 58.6. The molecule has 64 heavy (non-hydrogen) atoms. The van der Waals surface area contributed by atoms with E-state index in [9.17, 15) is 56.2 Å². The molecule has 0 bridgehead atoms. The zero-order valence-electron chi connectivity index (χ0n) is 37.4. The van der Waals surface area contributed by atoms with E-state index in [4.69, 9.17) is 33.2 Å². The molecule has 9 rings (SSSR count). The van der Waals surface area contributed by atoms with Crippen LogP contribution in [0.25, 0.3) is 0 Å². The van der Waals surface area contributed by atoms with Crippen molar-refractivity contribution >= 4 is 0 Å². The van der Waals surface area contributed by atoms with Gasteiger partial charge in [0.25, 0.3) is 0 Å². The van der Waals surface area contributed by atoms with Crippen LogP contribution in [0.4, 0.5) is 0 Å². The smallest absolute Gasteiger partial charge is 0.187 e. The predicted octanol–water partition coefficient (Wildman–Crippen LogP) is -2.19. The SMILES string of the molecule is CC1CNC2(OC3CC4C5CCC6CC(OC7OC(CO)C(OC8OC(CO)C(O)C(O)C8OC8OC(CO)C(O)C(O)C8O)C(O)C7O)CCC6(C)C5CCC4(C)C3C2C)C(O)C1. The molecule has 28 unspecified atom stereocenters. The van der Waals surface area contributed by atoms with E-state index in [0.717, 1.165) is 64.3 Å². The second-order valence-electron chi connectivity index (χ2n) is 21.8. The summed E-state index contributed by atoms with van der Waals surface area (Å²) in [6, 6.07) is 0. The van der Waals surface area contributed by atoms with Gasteiger partial charge < -0.3 is 89.3 Å². The molecule has 368 valence electrons.